The highest BCUT2D eigenvalue weighted by Crippen LogP contribution is 2.41. The maximum absolute atomic E-state index is 13.2. The molecule has 0 spiro atoms. The fourth-order valence-corrected chi connectivity index (χ4v) is 3.62. The Morgan fingerprint density at radius 2 is 1.67 bits per heavy atom. The van der Waals surface area contributed by atoms with Gasteiger partial charge in [0.1, 0.15) is 5.69 Å². The van der Waals surface area contributed by atoms with E-state index < -0.39 is 6.29 Å². The molecule has 5 rings (SSSR count). The van der Waals surface area contributed by atoms with E-state index in [0.717, 1.165) is 5.52 Å². The van der Waals surface area contributed by atoms with Gasteiger partial charge in [-0.2, -0.15) is 0 Å². The molecule has 4 heterocycles. The molecule has 154 valence electrons. The summed E-state index contributed by atoms with van der Waals surface area (Å²) in [6, 6.07) is 9.28. The second kappa shape index (κ2) is 6.68. The van der Waals surface area contributed by atoms with E-state index in [1.165, 1.54) is 18.2 Å². The van der Waals surface area contributed by atoms with Crippen molar-refractivity contribution >= 4 is 22.8 Å². The highest BCUT2D eigenvalue weighted by atomic mass is 19.3. The van der Waals surface area contributed by atoms with E-state index in [-0.39, 0.29) is 28.9 Å². The summed E-state index contributed by atoms with van der Waals surface area (Å²) < 4.78 is 35.1. The van der Waals surface area contributed by atoms with E-state index in [1.54, 1.807) is 28.1 Å². The first-order valence-corrected chi connectivity index (χ1v) is 9.32. The fourth-order valence-electron chi connectivity index (χ4n) is 3.62. The molecule has 8 nitrogen and oxygen atoms in total. The molecular formula is C20H16F2N4O4. The summed E-state index contributed by atoms with van der Waals surface area (Å²) in [6.45, 7) is 1.37. The van der Waals surface area contributed by atoms with Gasteiger partial charge >= 0.3 is 6.29 Å². The first-order chi connectivity index (χ1) is 14.4. The number of carbonyl (C=O) groups is 2. The molecule has 0 saturated carbocycles. The molecular weight excluding hydrogens is 398 g/mol. The standard InChI is InChI=1S/C20H16F2N4O4/c21-20(22)29-16-4-3-12(10-17(16)30-20)18(27)25-6-8-26(9-7-25)19(28)15-11-14-13(24-15)2-1-5-23-14/h1-5,10-11,24H,6-9H2. The number of piperazine rings is 1. The van der Waals surface area contributed by atoms with E-state index in [2.05, 4.69) is 19.4 Å². The van der Waals surface area contributed by atoms with Crippen molar-refractivity contribution in [2.45, 2.75) is 6.29 Å². The van der Waals surface area contributed by atoms with Gasteiger partial charge in [-0.3, -0.25) is 14.6 Å². The van der Waals surface area contributed by atoms with Gasteiger partial charge in [-0.05, 0) is 36.4 Å². The molecule has 30 heavy (non-hydrogen) atoms. The van der Waals surface area contributed by atoms with E-state index in [4.69, 9.17) is 0 Å². The van der Waals surface area contributed by atoms with Gasteiger partial charge in [0.25, 0.3) is 11.8 Å². The molecule has 0 bridgehead atoms. The van der Waals surface area contributed by atoms with Crippen LogP contribution in [0, 0.1) is 0 Å². The monoisotopic (exact) mass is 414 g/mol. The Bertz CT molecular complexity index is 1120. The number of aromatic nitrogens is 2. The number of pyridine rings is 1. The largest absolute Gasteiger partial charge is 0.586 e. The summed E-state index contributed by atoms with van der Waals surface area (Å²) in [4.78, 5) is 36.0. The van der Waals surface area contributed by atoms with Crippen LogP contribution in [0.15, 0.2) is 42.6 Å². The number of amides is 2. The molecule has 1 saturated heterocycles. The highest BCUT2D eigenvalue weighted by molar-refractivity contribution is 5.98. The number of ether oxygens (including phenoxy) is 2. The predicted molar refractivity (Wildman–Crippen MR) is 101 cm³/mol. The Morgan fingerprint density at radius 3 is 2.40 bits per heavy atom. The van der Waals surface area contributed by atoms with Crippen LogP contribution in [0.3, 0.4) is 0 Å². The lowest BCUT2D eigenvalue weighted by molar-refractivity contribution is -0.286. The Morgan fingerprint density at radius 1 is 0.967 bits per heavy atom. The van der Waals surface area contributed by atoms with Crippen LogP contribution >= 0.6 is 0 Å². The number of nitrogens with one attached hydrogen (secondary N) is 1. The molecule has 3 aromatic rings. The summed E-state index contributed by atoms with van der Waals surface area (Å²) in [5.74, 6) is -0.768. The lowest BCUT2D eigenvalue weighted by Gasteiger charge is -2.34. The van der Waals surface area contributed by atoms with Crippen molar-refractivity contribution in [1.82, 2.24) is 19.8 Å². The number of benzene rings is 1. The van der Waals surface area contributed by atoms with Gasteiger partial charge in [0.15, 0.2) is 11.5 Å². The molecule has 1 fully saturated rings. The van der Waals surface area contributed by atoms with Crippen molar-refractivity contribution in [3.05, 3.63) is 53.9 Å². The first-order valence-electron chi connectivity index (χ1n) is 9.32. The molecule has 2 amide bonds. The van der Waals surface area contributed by atoms with E-state index in [9.17, 15) is 18.4 Å². The van der Waals surface area contributed by atoms with Gasteiger partial charge in [-0.25, -0.2) is 0 Å². The summed E-state index contributed by atoms with van der Waals surface area (Å²) in [7, 11) is 0. The number of hydrogen-bond donors (Lipinski definition) is 1. The zero-order valence-electron chi connectivity index (χ0n) is 15.6. The highest BCUT2D eigenvalue weighted by Gasteiger charge is 2.43. The van der Waals surface area contributed by atoms with Crippen LogP contribution in [0.5, 0.6) is 11.5 Å². The van der Waals surface area contributed by atoms with Crippen molar-refractivity contribution in [3.63, 3.8) is 0 Å². The average molecular weight is 414 g/mol. The number of fused-ring (bicyclic) bond motifs is 2. The van der Waals surface area contributed by atoms with Crippen LogP contribution in [0.4, 0.5) is 8.78 Å². The molecule has 1 N–H and O–H groups in total. The number of nitrogens with zero attached hydrogens (tertiary/aromatic N) is 3. The van der Waals surface area contributed by atoms with Crippen molar-refractivity contribution in [2.24, 2.45) is 0 Å². The third-order valence-corrected chi connectivity index (χ3v) is 5.12. The van der Waals surface area contributed by atoms with Gasteiger partial charge in [0.2, 0.25) is 0 Å². The fraction of sp³-hybridized carbons (Fsp3) is 0.250. The first kappa shape index (κ1) is 18.3. The normalized spacial score (nSPS) is 17.4. The Balaban J connectivity index is 1.25. The quantitative estimate of drug-likeness (QED) is 0.696. The average Bonchev–Trinajstić information content (AvgIpc) is 3.31. The van der Waals surface area contributed by atoms with Gasteiger partial charge in [-0.15, -0.1) is 8.78 Å². The second-order valence-corrected chi connectivity index (χ2v) is 7.03. The van der Waals surface area contributed by atoms with Crippen LogP contribution in [0.25, 0.3) is 11.0 Å². The zero-order valence-corrected chi connectivity index (χ0v) is 15.6. The maximum atomic E-state index is 13.2. The zero-order chi connectivity index (χ0) is 20.9. The second-order valence-electron chi connectivity index (χ2n) is 7.03. The molecule has 1 aromatic carbocycles. The van der Waals surface area contributed by atoms with Crippen molar-refractivity contribution < 1.29 is 27.8 Å². The summed E-state index contributed by atoms with van der Waals surface area (Å²) >= 11 is 0. The third-order valence-electron chi connectivity index (χ3n) is 5.12. The molecule has 0 atom stereocenters. The van der Waals surface area contributed by atoms with Crippen LogP contribution in [-0.2, 0) is 0 Å². The summed E-state index contributed by atoms with van der Waals surface area (Å²) in [5.41, 5.74) is 2.16. The van der Waals surface area contributed by atoms with E-state index in [1.807, 2.05) is 6.07 Å². The summed E-state index contributed by atoms with van der Waals surface area (Å²) in [6.07, 6.45) is -2.07. The van der Waals surface area contributed by atoms with Crippen LogP contribution in [0.1, 0.15) is 20.8 Å². The van der Waals surface area contributed by atoms with E-state index in [0.29, 0.717) is 37.4 Å². The molecule has 2 aliphatic rings. The smallest absolute Gasteiger partial charge is 0.395 e. The van der Waals surface area contributed by atoms with Gasteiger partial charge in [0, 0.05) is 37.9 Å². The maximum Gasteiger partial charge on any atom is 0.586 e. The number of aromatic amines is 1. The molecule has 10 heteroatoms. The number of halogens is 2. The Hall–Kier alpha value is -3.69. The Kier molecular flexibility index (Phi) is 4.09. The van der Waals surface area contributed by atoms with Gasteiger partial charge in [-0.1, -0.05) is 0 Å². The topological polar surface area (TPSA) is 87.8 Å². The summed E-state index contributed by atoms with van der Waals surface area (Å²) in [5, 5.41) is 0. The third kappa shape index (κ3) is 3.19. The van der Waals surface area contributed by atoms with Gasteiger partial charge < -0.3 is 24.3 Å². The SMILES string of the molecule is O=C(c1ccc2c(c1)OC(F)(F)O2)N1CCN(C(=O)c2cc3ncccc3[nH]2)CC1. The number of alkyl halides is 2. The minimum Gasteiger partial charge on any atom is -0.395 e. The molecule has 0 unspecified atom stereocenters. The number of hydrogen-bond acceptors (Lipinski definition) is 5. The van der Waals surface area contributed by atoms with Crippen LogP contribution in [-0.4, -0.2) is 64.1 Å². The number of carbonyl (C=O) groups excluding carboxylic acids is 2. The lowest BCUT2D eigenvalue weighted by atomic mass is 10.1. The minimum absolute atomic E-state index is 0.111. The van der Waals surface area contributed by atoms with Crippen molar-refractivity contribution in [1.29, 1.82) is 0 Å². The number of H-pyrrole nitrogens is 1. The molecule has 0 radical (unpaired) electrons. The van der Waals surface area contributed by atoms with Crippen molar-refractivity contribution in [3.8, 4) is 11.5 Å². The lowest BCUT2D eigenvalue weighted by Crippen LogP contribution is -2.50. The molecule has 2 aliphatic heterocycles. The molecule has 0 aliphatic carbocycles. The Labute approximate surface area is 169 Å². The van der Waals surface area contributed by atoms with Crippen LogP contribution in [0.2, 0.25) is 0 Å². The van der Waals surface area contributed by atoms with Crippen molar-refractivity contribution in [2.75, 3.05) is 26.2 Å². The minimum atomic E-state index is -3.73. The number of rotatable bonds is 2. The predicted octanol–water partition coefficient (Wildman–Crippen LogP) is 2.48. The molecule has 2 aromatic heterocycles. The van der Waals surface area contributed by atoms with E-state index >= 15 is 0 Å². The van der Waals surface area contributed by atoms with Crippen LogP contribution < -0.4 is 9.47 Å². The van der Waals surface area contributed by atoms with Gasteiger partial charge in [0.05, 0.1) is 11.0 Å².